The molecule has 0 amide bonds. The second kappa shape index (κ2) is 4.94. The average molecular weight is 284 g/mol. The molecule has 1 atom stereocenters. The highest BCUT2D eigenvalue weighted by molar-refractivity contribution is 7.09. The first kappa shape index (κ1) is 12.6. The Bertz CT molecular complexity index is 559. The van der Waals surface area contributed by atoms with Crippen molar-refractivity contribution in [1.82, 2.24) is 10.3 Å². The average Bonchev–Trinajstić information content (AvgIpc) is 3.05. The topological polar surface area (TPSA) is 24.9 Å². The molecule has 0 spiro atoms. The fourth-order valence-corrected chi connectivity index (χ4v) is 2.64. The van der Waals surface area contributed by atoms with E-state index in [4.69, 9.17) is 0 Å². The van der Waals surface area contributed by atoms with E-state index in [1.165, 1.54) is 11.3 Å². The van der Waals surface area contributed by atoms with Crippen LogP contribution in [0.3, 0.4) is 0 Å². The van der Waals surface area contributed by atoms with Gasteiger partial charge in [-0.1, -0.05) is 0 Å². The van der Waals surface area contributed by atoms with Crippen LogP contribution in [0.1, 0.15) is 29.5 Å². The van der Waals surface area contributed by atoms with Crippen LogP contribution in [-0.4, -0.2) is 11.0 Å². The predicted octanol–water partition coefficient (Wildman–Crippen LogP) is 3.40. The van der Waals surface area contributed by atoms with Crippen molar-refractivity contribution in [3.8, 4) is 0 Å². The Balaban J connectivity index is 1.99. The van der Waals surface area contributed by atoms with Gasteiger partial charge in [-0.25, -0.2) is 18.2 Å². The summed E-state index contributed by atoms with van der Waals surface area (Å²) in [6.45, 7) is 0. The van der Waals surface area contributed by atoms with Gasteiger partial charge in [0.1, 0.15) is 5.01 Å². The molecular formula is C13H11F3N2S. The number of hydrogen-bond acceptors (Lipinski definition) is 3. The van der Waals surface area contributed by atoms with Crippen molar-refractivity contribution in [2.75, 3.05) is 0 Å². The molecule has 0 saturated heterocycles. The molecule has 1 aliphatic carbocycles. The quantitative estimate of drug-likeness (QED) is 0.870. The Morgan fingerprint density at radius 2 is 1.89 bits per heavy atom. The van der Waals surface area contributed by atoms with Crippen LogP contribution in [0.2, 0.25) is 0 Å². The van der Waals surface area contributed by atoms with Crippen molar-refractivity contribution < 1.29 is 13.2 Å². The van der Waals surface area contributed by atoms with Crippen LogP contribution in [0.25, 0.3) is 0 Å². The molecule has 1 aromatic heterocycles. The van der Waals surface area contributed by atoms with Crippen molar-refractivity contribution >= 4 is 11.3 Å². The number of nitrogens with zero attached hydrogens (tertiary/aromatic N) is 1. The molecule has 1 heterocycles. The molecule has 1 N–H and O–H groups in total. The smallest absolute Gasteiger partial charge is 0.194 e. The van der Waals surface area contributed by atoms with Crippen LogP contribution < -0.4 is 5.32 Å². The van der Waals surface area contributed by atoms with Crippen LogP contribution in [0.4, 0.5) is 13.2 Å². The first-order chi connectivity index (χ1) is 9.15. The summed E-state index contributed by atoms with van der Waals surface area (Å²) in [7, 11) is 0. The van der Waals surface area contributed by atoms with Crippen LogP contribution >= 0.6 is 11.3 Å². The molecule has 1 saturated carbocycles. The molecule has 2 nitrogen and oxygen atoms in total. The Labute approximate surface area is 112 Å². The predicted molar refractivity (Wildman–Crippen MR) is 66.4 cm³/mol. The lowest BCUT2D eigenvalue weighted by atomic mass is 10.1. The van der Waals surface area contributed by atoms with Gasteiger partial charge in [-0.2, -0.15) is 0 Å². The van der Waals surface area contributed by atoms with Crippen LogP contribution in [-0.2, 0) is 0 Å². The van der Waals surface area contributed by atoms with Gasteiger partial charge in [-0.3, -0.25) is 0 Å². The van der Waals surface area contributed by atoms with Gasteiger partial charge in [-0.15, -0.1) is 11.3 Å². The zero-order chi connectivity index (χ0) is 13.4. The molecule has 1 unspecified atom stereocenters. The maximum Gasteiger partial charge on any atom is 0.194 e. The van der Waals surface area contributed by atoms with E-state index in [0.29, 0.717) is 11.6 Å². The molecule has 0 bridgehead atoms. The third-order valence-electron chi connectivity index (χ3n) is 3.02. The van der Waals surface area contributed by atoms with Gasteiger partial charge >= 0.3 is 0 Å². The Kier molecular flexibility index (Phi) is 3.28. The molecule has 2 aromatic rings. The van der Waals surface area contributed by atoms with Crippen LogP contribution in [0.5, 0.6) is 0 Å². The first-order valence-electron chi connectivity index (χ1n) is 5.95. The number of thiazole rings is 1. The molecule has 0 aliphatic heterocycles. The number of benzene rings is 1. The SMILES string of the molecule is Fc1cc(C(NC2CC2)c2nccs2)cc(F)c1F. The van der Waals surface area contributed by atoms with Gasteiger partial charge in [0, 0.05) is 17.6 Å². The molecule has 1 aromatic carbocycles. The lowest BCUT2D eigenvalue weighted by Crippen LogP contribution is -2.24. The van der Waals surface area contributed by atoms with E-state index in [0.717, 1.165) is 30.0 Å². The van der Waals surface area contributed by atoms with Gasteiger partial charge in [0.25, 0.3) is 0 Å². The van der Waals surface area contributed by atoms with Gasteiger partial charge in [0.05, 0.1) is 6.04 Å². The molecule has 19 heavy (non-hydrogen) atoms. The second-order valence-corrected chi connectivity index (χ2v) is 5.47. The number of halogens is 3. The zero-order valence-corrected chi connectivity index (χ0v) is 10.7. The standard InChI is InChI=1S/C13H11F3N2S/c14-9-5-7(6-10(15)11(9)16)12(18-8-1-2-8)13-17-3-4-19-13/h3-6,8,12,18H,1-2H2. The summed E-state index contributed by atoms with van der Waals surface area (Å²) in [6, 6.07) is 2.00. The number of nitrogens with one attached hydrogen (secondary N) is 1. The first-order valence-corrected chi connectivity index (χ1v) is 6.83. The summed E-state index contributed by atoms with van der Waals surface area (Å²) in [5.74, 6) is -3.78. The fourth-order valence-electron chi connectivity index (χ4n) is 1.91. The summed E-state index contributed by atoms with van der Waals surface area (Å²) < 4.78 is 39.7. The van der Waals surface area contributed by atoms with E-state index in [-0.39, 0.29) is 0 Å². The van der Waals surface area contributed by atoms with Gasteiger partial charge in [-0.05, 0) is 30.5 Å². The molecule has 0 radical (unpaired) electrons. The van der Waals surface area contributed by atoms with Crippen LogP contribution in [0.15, 0.2) is 23.7 Å². The molecule has 6 heteroatoms. The van der Waals surface area contributed by atoms with E-state index >= 15 is 0 Å². The van der Waals surface area contributed by atoms with Crippen LogP contribution in [0, 0.1) is 17.5 Å². The highest BCUT2D eigenvalue weighted by Gasteiger charge is 2.28. The minimum Gasteiger partial charge on any atom is -0.301 e. The lowest BCUT2D eigenvalue weighted by molar-refractivity contribution is 0.442. The maximum absolute atomic E-state index is 13.3. The Hall–Kier alpha value is -1.40. The summed E-state index contributed by atoms with van der Waals surface area (Å²) in [5.41, 5.74) is 0.359. The molecule has 100 valence electrons. The number of aromatic nitrogens is 1. The van der Waals surface area contributed by atoms with E-state index in [2.05, 4.69) is 10.3 Å². The molecule has 1 fully saturated rings. The van der Waals surface area contributed by atoms with Gasteiger partial charge in [0.15, 0.2) is 17.5 Å². The summed E-state index contributed by atoms with van der Waals surface area (Å²) in [6.07, 6.45) is 3.71. The van der Waals surface area contributed by atoms with Gasteiger partial charge in [0.2, 0.25) is 0 Å². The van der Waals surface area contributed by atoms with Crippen molar-refractivity contribution in [3.05, 3.63) is 51.7 Å². The normalized spacial score (nSPS) is 16.6. The van der Waals surface area contributed by atoms with Crippen molar-refractivity contribution in [2.45, 2.75) is 24.9 Å². The largest absolute Gasteiger partial charge is 0.301 e. The second-order valence-electron chi connectivity index (χ2n) is 4.54. The third-order valence-corrected chi connectivity index (χ3v) is 3.86. The Morgan fingerprint density at radius 1 is 1.21 bits per heavy atom. The van der Waals surface area contributed by atoms with Crippen molar-refractivity contribution in [1.29, 1.82) is 0 Å². The number of hydrogen-bond donors (Lipinski definition) is 1. The van der Waals surface area contributed by atoms with E-state index in [1.54, 1.807) is 11.6 Å². The lowest BCUT2D eigenvalue weighted by Gasteiger charge is -2.17. The van der Waals surface area contributed by atoms with E-state index in [1.807, 2.05) is 0 Å². The van der Waals surface area contributed by atoms with Gasteiger partial charge < -0.3 is 5.32 Å². The summed E-state index contributed by atoms with van der Waals surface area (Å²) in [5, 5.41) is 5.79. The maximum atomic E-state index is 13.3. The summed E-state index contributed by atoms with van der Waals surface area (Å²) >= 11 is 1.40. The highest BCUT2D eigenvalue weighted by atomic mass is 32.1. The molecule has 1 aliphatic rings. The third kappa shape index (κ3) is 2.64. The van der Waals surface area contributed by atoms with E-state index < -0.39 is 23.5 Å². The molecular weight excluding hydrogens is 273 g/mol. The van der Waals surface area contributed by atoms with Crippen molar-refractivity contribution in [2.24, 2.45) is 0 Å². The summed E-state index contributed by atoms with van der Waals surface area (Å²) in [4.78, 5) is 4.17. The monoisotopic (exact) mass is 284 g/mol. The Morgan fingerprint density at radius 3 is 2.42 bits per heavy atom. The van der Waals surface area contributed by atoms with Crippen molar-refractivity contribution in [3.63, 3.8) is 0 Å². The zero-order valence-electron chi connectivity index (χ0n) is 9.87. The fraction of sp³-hybridized carbons (Fsp3) is 0.308. The van der Waals surface area contributed by atoms with E-state index in [9.17, 15) is 13.2 Å². The minimum absolute atomic E-state index is 0.338. The number of rotatable bonds is 4. The highest BCUT2D eigenvalue weighted by Crippen LogP contribution is 2.31. The minimum atomic E-state index is -1.44. The molecule has 3 rings (SSSR count).